The zero-order valence-electron chi connectivity index (χ0n) is 12.7. The van der Waals surface area contributed by atoms with Gasteiger partial charge in [-0.3, -0.25) is 9.78 Å². The van der Waals surface area contributed by atoms with Crippen molar-refractivity contribution in [2.45, 2.75) is 26.8 Å². The molecule has 6 nitrogen and oxygen atoms in total. The second-order valence-corrected chi connectivity index (χ2v) is 7.39. The van der Waals surface area contributed by atoms with Gasteiger partial charge in [0.05, 0.1) is 12.8 Å². The first-order valence-corrected chi connectivity index (χ1v) is 8.74. The van der Waals surface area contributed by atoms with Gasteiger partial charge in [-0.15, -0.1) is 0 Å². The Hall–Kier alpha value is -1.47. The molecular formula is C14H23N3O3S. The molecule has 7 heteroatoms. The van der Waals surface area contributed by atoms with Crippen molar-refractivity contribution >= 4 is 15.9 Å². The molecule has 0 saturated carbocycles. The highest BCUT2D eigenvalue weighted by atomic mass is 32.2. The van der Waals surface area contributed by atoms with Crippen molar-refractivity contribution in [1.82, 2.24) is 14.6 Å². The molecule has 0 radical (unpaired) electrons. The Kier molecular flexibility index (Phi) is 6.77. The van der Waals surface area contributed by atoms with Crippen molar-refractivity contribution in [3.8, 4) is 0 Å². The number of carbonyl (C=O) groups excluding carboxylic acids is 1. The summed E-state index contributed by atoms with van der Waals surface area (Å²) in [5.41, 5.74) is 0.923. The molecule has 0 unspecified atom stereocenters. The van der Waals surface area contributed by atoms with Gasteiger partial charge in [-0.25, -0.2) is 8.42 Å². The van der Waals surface area contributed by atoms with Gasteiger partial charge in [-0.05, 0) is 30.0 Å². The molecule has 0 atom stereocenters. The normalized spacial score (nSPS) is 11.9. The molecule has 0 aliphatic carbocycles. The van der Waals surface area contributed by atoms with Crippen molar-refractivity contribution in [2.24, 2.45) is 5.92 Å². The van der Waals surface area contributed by atoms with Gasteiger partial charge in [0.15, 0.2) is 0 Å². The Bertz CT molecular complexity index is 544. The van der Waals surface area contributed by atoms with Crippen LogP contribution < -0.4 is 5.32 Å². The second kappa shape index (κ2) is 8.09. The zero-order valence-corrected chi connectivity index (χ0v) is 13.6. The van der Waals surface area contributed by atoms with E-state index in [2.05, 4.69) is 10.3 Å². The lowest BCUT2D eigenvalue weighted by molar-refractivity contribution is -0.121. The number of nitrogens with zero attached hydrogens (tertiary/aromatic N) is 2. The highest BCUT2D eigenvalue weighted by Crippen LogP contribution is 2.05. The molecule has 0 aromatic carbocycles. The average Bonchev–Trinajstić information content (AvgIpc) is 2.41. The maximum Gasteiger partial charge on any atom is 0.235 e. The van der Waals surface area contributed by atoms with E-state index in [9.17, 15) is 13.2 Å². The van der Waals surface area contributed by atoms with E-state index in [0.29, 0.717) is 19.0 Å². The Morgan fingerprint density at radius 3 is 2.48 bits per heavy atom. The highest BCUT2D eigenvalue weighted by Gasteiger charge is 2.19. The number of hydrogen-bond acceptors (Lipinski definition) is 4. The lowest BCUT2D eigenvalue weighted by Gasteiger charge is -2.20. The molecule has 0 spiro atoms. The van der Waals surface area contributed by atoms with Crippen molar-refractivity contribution in [1.29, 1.82) is 0 Å². The van der Waals surface area contributed by atoms with Crippen LogP contribution in [-0.2, 0) is 21.4 Å². The fourth-order valence-corrected chi connectivity index (χ4v) is 2.47. The first-order valence-electron chi connectivity index (χ1n) is 6.89. The van der Waals surface area contributed by atoms with Gasteiger partial charge in [0.25, 0.3) is 0 Å². The molecule has 1 aromatic heterocycles. The van der Waals surface area contributed by atoms with Gasteiger partial charge in [0.1, 0.15) is 0 Å². The molecule has 21 heavy (non-hydrogen) atoms. The molecule has 0 saturated heterocycles. The maximum absolute atomic E-state index is 11.9. The van der Waals surface area contributed by atoms with Crippen molar-refractivity contribution in [2.75, 3.05) is 19.3 Å². The minimum absolute atomic E-state index is 0.142. The largest absolute Gasteiger partial charge is 0.351 e. The highest BCUT2D eigenvalue weighted by molar-refractivity contribution is 7.88. The maximum atomic E-state index is 11.9. The lowest BCUT2D eigenvalue weighted by atomic mass is 10.1. The van der Waals surface area contributed by atoms with Crippen LogP contribution in [0.5, 0.6) is 0 Å². The Morgan fingerprint density at radius 1 is 1.33 bits per heavy atom. The summed E-state index contributed by atoms with van der Waals surface area (Å²) in [5, 5.41) is 2.72. The van der Waals surface area contributed by atoms with Crippen LogP contribution in [0.15, 0.2) is 24.5 Å². The smallest absolute Gasteiger partial charge is 0.235 e. The van der Waals surface area contributed by atoms with Gasteiger partial charge in [0, 0.05) is 25.5 Å². The van der Waals surface area contributed by atoms with Crippen molar-refractivity contribution in [3.63, 3.8) is 0 Å². The van der Waals surface area contributed by atoms with Crippen LogP contribution >= 0.6 is 0 Å². The number of nitrogens with one attached hydrogen (secondary N) is 1. The van der Waals surface area contributed by atoms with Gasteiger partial charge < -0.3 is 5.32 Å². The number of amides is 1. The Labute approximate surface area is 126 Å². The molecule has 1 amide bonds. The minimum Gasteiger partial charge on any atom is -0.351 e. The van der Waals surface area contributed by atoms with Crippen LogP contribution in [0.3, 0.4) is 0 Å². The molecule has 0 fully saturated rings. The monoisotopic (exact) mass is 313 g/mol. The molecule has 118 valence electrons. The molecule has 1 N–H and O–H groups in total. The van der Waals surface area contributed by atoms with Crippen molar-refractivity contribution in [3.05, 3.63) is 30.1 Å². The fourth-order valence-electron chi connectivity index (χ4n) is 1.68. The van der Waals surface area contributed by atoms with E-state index in [1.54, 1.807) is 24.5 Å². The van der Waals surface area contributed by atoms with E-state index in [1.807, 2.05) is 13.8 Å². The van der Waals surface area contributed by atoms with Gasteiger partial charge >= 0.3 is 0 Å². The summed E-state index contributed by atoms with van der Waals surface area (Å²) >= 11 is 0. The van der Waals surface area contributed by atoms with Crippen LogP contribution in [0.2, 0.25) is 0 Å². The zero-order chi connectivity index (χ0) is 15.9. The molecule has 1 rings (SSSR count). The summed E-state index contributed by atoms with van der Waals surface area (Å²) in [4.78, 5) is 15.8. The molecule has 1 heterocycles. The molecular weight excluding hydrogens is 290 g/mol. The van der Waals surface area contributed by atoms with E-state index in [0.717, 1.165) is 18.2 Å². The topological polar surface area (TPSA) is 79.4 Å². The van der Waals surface area contributed by atoms with Crippen LogP contribution in [0.4, 0.5) is 0 Å². The Balaban J connectivity index is 2.52. The molecule has 1 aromatic rings. The van der Waals surface area contributed by atoms with Crippen LogP contribution in [0, 0.1) is 5.92 Å². The summed E-state index contributed by atoms with van der Waals surface area (Å²) in [5.74, 6) is 0.0788. The molecule has 0 aliphatic heterocycles. The number of sulfonamides is 1. The van der Waals surface area contributed by atoms with E-state index >= 15 is 0 Å². The lowest BCUT2D eigenvalue weighted by Crippen LogP contribution is -2.40. The standard InChI is InChI=1S/C14H23N3O3S/c1-12(2)6-9-17(21(3,19)20)11-14(18)16-10-13-4-7-15-8-5-13/h4-5,7-8,12H,6,9-11H2,1-3H3,(H,16,18). The number of pyridine rings is 1. The van der Waals surface area contributed by atoms with Crippen LogP contribution in [0.1, 0.15) is 25.8 Å². The quantitative estimate of drug-likeness (QED) is 0.776. The van der Waals surface area contributed by atoms with E-state index in [-0.39, 0.29) is 12.5 Å². The van der Waals surface area contributed by atoms with Crippen LogP contribution in [-0.4, -0.2) is 43.0 Å². The first-order chi connectivity index (χ1) is 9.79. The third-order valence-corrected chi connectivity index (χ3v) is 4.23. The number of carbonyl (C=O) groups is 1. The van der Waals surface area contributed by atoms with Gasteiger partial charge in [0.2, 0.25) is 15.9 Å². The summed E-state index contributed by atoms with van der Waals surface area (Å²) < 4.78 is 24.6. The predicted molar refractivity (Wildman–Crippen MR) is 82.0 cm³/mol. The third-order valence-electron chi connectivity index (χ3n) is 2.98. The summed E-state index contributed by atoms with van der Waals surface area (Å²) in [6, 6.07) is 3.60. The first kappa shape index (κ1) is 17.6. The van der Waals surface area contributed by atoms with Crippen LogP contribution in [0.25, 0.3) is 0 Å². The number of hydrogen-bond donors (Lipinski definition) is 1. The summed E-state index contributed by atoms with van der Waals surface area (Å²) in [7, 11) is -3.38. The SMILES string of the molecule is CC(C)CCN(CC(=O)NCc1ccncc1)S(C)(=O)=O. The van der Waals surface area contributed by atoms with Gasteiger partial charge in [-0.2, -0.15) is 4.31 Å². The second-order valence-electron chi connectivity index (χ2n) is 5.41. The van der Waals surface area contributed by atoms with Gasteiger partial charge in [-0.1, -0.05) is 13.8 Å². The van der Waals surface area contributed by atoms with E-state index in [4.69, 9.17) is 0 Å². The van der Waals surface area contributed by atoms with E-state index in [1.165, 1.54) is 4.31 Å². The Morgan fingerprint density at radius 2 is 1.95 bits per heavy atom. The third kappa shape index (κ3) is 7.19. The fraction of sp³-hybridized carbons (Fsp3) is 0.571. The predicted octanol–water partition coefficient (Wildman–Crippen LogP) is 1.01. The minimum atomic E-state index is -3.38. The number of aromatic nitrogens is 1. The summed E-state index contributed by atoms with van der Waals surface area (Å²) in [6.07, 6.45) is 5.15. The van der Waals surface area contributed by atoms with E-state index < -0.39 is 10.0 Å². The molecule has 0 aliphatic rings. The molecule has 0 bridgehead atoms. The average molecular weight is 313 g/mol. The van der Waals surface area contributed by atoms with Crippen molar-refractivity contribution < 1.29 is 13.2 Å². The number of rotatable bonds is 8. The summed E-state index contributed by atoms with van der Waals surface area (Å²) in [6.45, 7) is 4.62.